The third kappa shape index (κ3) is 2.14. The minimum absolute atomic E-state index is 0.224. The van der Waals surface area contributed by atoms with Crippen LogP contribution in [-0.4, -0.2) is 43.2 Å². The zero-order valence-electron chi connectivity index (χ0n) is 12.9. The minimum atomic E-state index is 0.224. The fraction of sp³-hybridized carbons (Fsp3) is 0.941. The van der Waals surface area contributed by atoms with Crippen LogP contribution in [0.15, 0.2) is 0 Å². The Kier molecular flexibility index (Phi) is 3.49. The molecule has 0 radical (unpaired) electrons. The van der Waals surface area contributed by atoms with Crippen molar-refractivity contribution in [3.8, 4) is 0 Å². The first-order valence-corrected chi connectivity index (χ1v) is 8.83. The highest BCUT2D eigenvalue weighted by atomic mass is 16.5. The van der Waals surface area contributed by atoms with Crippen LogP contribution in [0.1, 0.15) is 44.9 Å². The predicted octanol–water partition coefficient (Wildman–Crippen LogP) is 1.78. The number of hydrogen-bond acceptors (Lipinski definition) is 3. The van der Waals surface area contributed by atoms with Gasteiger partial charge in [0.2, 0.25) is 5.91 Å². The number of morpholine rings is 1. The number of rotatable bonds is 1. The van der Waals surface area contributed by atoms with Crippen LogP contribution in [0.5, 0.6) is 0 Å². The van der Waals surface area contributed by atoms with Gasteiger partial charge in [-0.05, 0) is 55.8 Å². The molecule has 2 N–H and O–H groups in total. The number of carbonyl (C=O) groups excluding carboxylic acids is 1. The van der Waals surface area contributed by atoms with Crippen LogP contribution >= 0.6 is 0 Å². The summed E-state index contributed by atoms with van der Waals surface area (Å²) in [5.41, 5.74) is 6.92. The van der Waals surface area contributed by atoms with Gasteiger partial charge in [-0.2, -0.15) is 0 Å². The Labute approximate surface area is 127 Å². The van der Waals surface area contributed by atoms with Crippen LogP contribution in [0.25, 0.3) is 0 Å². The highest BCUT2D eigenvalue weighted by Crippen LogP contribution is 2.61. The molecule has 0 aromatic heterocycles. The standard InChI is InChI=1S/C17H28N2O2/c18-15-12-3-4-14(10-12)17(15)5-1-2-13(11-17)16(20)19-6-8-21-9-7-19/h12-15H,1-11,18H2/t12?,13-,14?,15-,17-/m1/s1. The van der Waals surface area contributed by atoms with Crippen LogP contribution in [0.4, 0.5) is 0 Å². The zero-order valence-corrected chi connectivity index (χ0v) is 12.9. The van der Waals surface area contributed by atoms with Gasteiger partial charge in [0.05, 0.1) is 13.2 Å². The van der Waals surface area contributed by atoms with E-state index in [4.69, 9.17) is 10.5 Å². The van der Waals surface area contributed by atoms with Crippen molar-refractivity contribution in [2.45, 2.75) is 51.0 Å². The Morgan fingerprint density at radius 1 is 1.19 bits per heavy atom. The molecule has 1 amide bonds. The topological polar surface area (TPSA) is 55.6 Å². The summed E-state index contributed by atoms with van der Waals surface area (Å²) in [6.45, 7) is 2.96. The Balaban J connectivity index is 1.49. The summed E-state index contributed by atoms with van der Waals surface area (Å²) in [6, 6.07) is 0.358. The van der Waals surface area contributed by atoms with Gasteiger partial charge in [-0.3, -0.25) is 4.79 Å². The van der Waals surface area contributed by atoms with Gasteiger partial charge in [-0.25, -0.2) is 0 Å². The van der Waals surface area contributed by atoms with E-state index >= 15 is 0 Å². The molecular formula is C17H28N2O2. The molecule has 4 rings (SSSR count). The number of nitrogens with zero attached hydrogens (tertiary/aromatic N) is 1. The Morgan fingerprint density at radius 2 is 2.00 bits per heavy atom. The second kappa shape index (κ2) is 5.24. The smallest absolute Gasteiger partial charge is 0.225 e. The monoisotopic (exact) mass is 292 g/mol. The van der Waals surface area contributed by atoms with Gasteiger partial charge < -0.3 is 15.4 Å². The van der Waals surface area contributed by atoms with Gasteiger partial charge in [0.1, 0.15) is 0 Å². The van der Waals surface area contributed by atoms with E-state index in [0.29, 0.717) is 30.6 Å². The maximum absolute atomic E-state index is 12.8. The van der Waals surface area contributed by atoms with Crippen molar-refractivity contribution in [2.75, 3.05) is 26.3 Å². The molecule has 0 aromatic rings. The summed E-state index contributed by atoms with van der Waals surface area (Å²) >= 11 is 0. The SMILES string of the molecule is N[C@@H]1C2CCC(C2)[C@]12CCC[C@@H](C(=O)N1CCOCC1)C2. The van der Waals surface area contributed by atoms with Crippen LogP contribution in [0.2, 0.25) is 0 Å². The minimum Gasteiger partial charge on any atom is -0.378 e. The van der Waals surface area contributed by atoms with E-state index in [0.717, 1.165) is 37.8 Å². The second-order valence-electron chi connectivity index (χ2n) is 7.76. The molecule has 3 aliphatic carbocycles. The molecule has 4 nitrogen and oxygen atoms in total. The van der Waals surface area contributed by atoms with Crippen molar-refractivity contribution in [1.29, 1.82) is 0 Å². The first-order chi connectivity index (χ1) is 10.2. The first kappa shape index (κ1) is 14.0. The van der Waals surface area contributed by atoms with E-state index in [-0.39, 0.29) is 5.92 Å². The largest absolute Gasteiger partial charge is 0.378 e. The third-order valence-electron chi connectivity index (χ3n) is 6.95. The van der Waals surface area contributed by atoms with Crippen LogP contribution < -0.4 is 5.73 Å². The molecule has 1 aliphatic heterocycles. The Morgan fingerprint density at radius 3 is 2.71 bits per heavy atom. The number of ether oxygens (including phenoxy) is 1. The first-order valence-electron chi connectivity index (χ1n) is 8.83. The molecule has 2 unspecified atom stereocenters. The lowest BCUT2D eigenvalue weighted by atomic mass is 9.59. The number of fused-ring (bicyclic) bond motifs is 3. The fourth-order valence-corrected chi connectivity index (χ4v) is 5.87. The number of hydrogen-bond donors (Lipinski definition) is 1. The van der Waals surface area contributed by atoms with Crippen molar-refractivity contribution in [1.82, 2.24) is 4.90 Å². The van der Waals surface area contributed by atoms with Crippen LogP contribution in [0.3, 0.4) is 0 Å². The molecule has 118 valence electrons. The molecule has 1 spiro atoms. The Bertz CT molecular complexity index is 417. The normalized spacial score (nSPS) is 46.2. The molecule has 3 saturated carbocycles. The van der Waals surface area contributed by atoms with E-state index < -0.39 is 0 Å². The van der Waals surface area contributed by atoms with E-state index in [1.807, 2.05) is 4.90 Å². The van der Waals surface area contributed by atoms with Crippen molar-refractivity contribution in [3.05, 3.63) is 0 Å². The molecule has 0 aromatic carbocycles. The summed E-state index contributed by atoms with van der Waals surface area (Å²) in [4.78, 5) is 14.9. The summed E-state index contributed by atoms with van der Waals surface area (Å²) in [7, 11) is 0. The Hall–Kier alpha value is -0.610. The molecule has 2 bridgehead atoms. The van der Waals surface area contributed by atoms with Crippen molar-refractivity contribution in [2.24, 2.45) is 28.9 Å². The molecule has 4 heteroatoms. The maximum atomic E-state index is 12.8. The molecule has 4 fully saturated rings. The van der Waals surface area contributed by atoms with Gasteiger partial charge in [0, 0.05) is 25.0 Å². The zero-order chi connectivity index (χ0) is 14.4. The van der Waals surface area contributed by atoms with Crippen molar-refractivity contribution in [3.63, 3.8) is 0 Å². The van der Waals surface area contributed by atoms with Gasteiger partial charge in [-0.1, -0.05) is 6.42 Å². The molecule has 5 atom stereocenters. The lowest BCUT2D eigenvalue weighted by Gasteiger charge is -2.48. The highest BCUT2D eigenvalue weighted by molar-refractivity contribution is 5.79. The summed E-state index contributed by atoms with van der Waals surface area (Å²) < 4.78 is 5.37. The highest BCUT2D eigenvalue weighted by Gasteiger charge is 2.58. The maximum Gasteiger partial charge on any atom is 0.225 e. The third-order valence-corrected chi connectivity index (χ3v) is 6.95. The average Bonchev–Trinajstić information content (AvgIpc) is 3.11. The van der Waals surface area contributed by atoms with E-state index in [1.165, 1.54) is 32.1 Å². The van der Waals surface area contributed by atoms with Crippen LogP contribution in [0, 0.1) is 23.2 Å². The van der Waals surface area contributed by atoms with Crippen molar-refractivity contribution < 1.29 is 9.53 Å². The van der Waals surface area contributed by atoms with Gasteiger partial charge in [-0.15, -0.1) is 0 Å². The fourth-order valence-electron chi connectivity index (χ4n) is 5.87. The quantitative estimate of drug-likeness (QED) is 0.801. The van der Waals surface area contributed by atoms with Gasteiger partial charge in [0.15, 0.2) is 0 Å². The lowest BCUT2D eigenvalue weighted by Crippen LogP contribution is -2.52. The molecule has 1 heterocycles. The molecular weight excluding hydrogens is 264 g/mol. The average molecular weight is 292 g/mol. The number of nitrogens with two attached hydrogens (primary N) is 1. The molecule has 1 saturated heterocycles. The summed E-state index contributed by atoms with van der Waals surface area (Å²) in [5, 5.41) is 0. The van der Waals surface area contributed by atoms with Gasteiger partial charge in [0.25, 0.3) is 0 Å². The van der Waals surface area contributed by atoms with E-state index in [2.05, 4.69) is 0 Å². The summed E-state index contributed by atoms with van der Waals surface area (Å²) in [6.07, 6.45) is 8.61. The van der Waals surface area contributed by atoms with Crippen LogP contribution in [-0.2, 0) is 9.53 Å². The number of amides is 1. The summed E-state index contributed by atoms with van der Waals surface area (Å²) in [5.74, 6) is 2.15. The second-order valence-corrected chi connectivity index (χ2v) is 7.76. The van der Waals surface area contributed by atoms with Gasteiger partial charge >= 0.3 is 0 Å². The van der Waals surface area contributed by atoms with Crippen molar-refractivity contribution >= 4 is 5.91 Å². The lowest BCUT2D eigenvalue weighted by molar-refractivity contribution is -0.143. The van der Waals surface area contributed by atoms with E-state index in [9.17, 15) is 4.79 Å². The van der Waals surface area contributed by atoms with E-state index in [1.54, 1.807) is 0 Å². The molecule has 4 aliphatic rings. The predicted molar refractivity (Wildman–Crippen MR) is 80.6 cm³/mol. The molecule has 21 heavy (non-hydrogen) atoms. The number of carbonyl (C=O) groups is 1.